The number of thiophene rings is 1. The molecule has 2 N–H and O–H groups in total. The van der Waals surface area contributed by atoms with E-state index in [4.69, 9.17) is 0 Å². The molecule has 6 nitrogen and oxygen atoms in total. The molecule has 2 rings (SSSR count). The van der Waals surface area contributed by atoms with Crippen molar-refractivity contribution in [2.45, 2.75) is 19.3 Å². The van der Waals surface area contributed by atoms with Crippen LogP contribution < -0.4 is 10.6 Å². The van der Waals surface area contributed by atoms with Crippen molar-refractivity contribution in [1.29, 1.82) is 0 Å². The van der Waals surface area contributed by atoms with Gasteiger partial charge in [0.05, 0.1) is 9.80 Å². The van der Waals surface area contributed by atoms with E-state index in [0.717, 1.165) is 30.8 Å². The van der Waals surface area contributed by atoms with Crippen molar-refractivity contribution in [3.63, 3.8) is 0 Å². The van der Waals surface area contributed by atoms with Gasteiger partial charge in [-0.15, -0.1) is 12.4 Å². The Balaban J connectivity index is 0.00000200. The lowest BCUT2D eigenvalue weighted by Gasteiger charge is -2.22. The second kappa shape index (κ2) is 8.18. The average molecular weight is 320 g/mol. The van der Waals surface area contributed by atoms with Crippen LogP contribution in [0.4, 0.5) is 5.00 Å². The van der Waals surface area contributed by atoms with Crippen molar-refractivity contribution < 1.29 is 9.72 Å². The number of nitro groups is 1. The molecule has 1 aliphatic heterocycles. The predicted molar refractivity (Wildman–Crippen MR) is 80.8 cm³/mol. The molecule has 1 unspecified atom stereocenters. The number of carbonyl (C=O) groups excluding carboxylic acids is 1. The van der Waals surface area contributed by atoms with E-state index in [1.54, 1.807) is 0 Å². The number of halogens is 1. The van der Waals surface area contributed by atoms with Gasteiger partial charge in [-0.25, -0.2) is 0 Å². The van der Waals surface area contributed by atoms with E-state index >= 15 is 0 Å². The lowest BCUT2D eigenvalue weighted by atomic mass is 9.96. The standard InChI is InChI=1S/C12H17N3O3S.ClH/c16-12(10-3-4-11(19-10)15(17)18)14-7-5-9-2-1-6-13-8-9;/h3-4,9,13H,1-2,5-8H2,(H,14,16);1H. The third-order valence-corrected chi connectivity index (χ3v) is 4.27. The molecular formula is C12H18ClN3O3S. The van der Waals surface area contributed by atoms with Crippen molar-refractivity contribution in [2.75, 3.05) is 19.6 Å². The maximum absolute atomic E-state index is 11.8. The minimum absolute atomic E-state index is 0. The highest BCUT2D eigenvalue weighted by atomic mass is 35.5. The van der Waals surface area contributed by atoms with Crippen molar-refractivity contribution in [3.8, 4) is 0 Å². The van der Waals surface area contributed by atoms with Gasteiger partial charge in [-0.1, -0.05) is 11.3 Å². The van der Waals surface area contributed by atoms with Gasteiger partial charge in [0.2, 0.25) is 0 Å². The van der Waals surface area contributed by atoms with Crippen LogP contribution >= 0.6 is 23.7 Å². The molecule has 0 spiro atoms. The highest BCUT2D eigenvalue weighted by Gasteiger charge is 2.16. The Morgan fingerprint density at radius 1 is 1.55 bits per heavy atom. The summed E-state index contributed by atoms with van der Waals surface area (Å²) in [7, 11) is 0. The lowest BCUT2D eigenvalue weighted by molar-refractivity contribution is -0.380. The number of carbonyl (C=O) groups is 1. The Bertz CT molecular complexity index is 461. The van der Waals surface area contributed by atoms with Crippen LogP contribution in [0.2, 0.25) is 0 Å². The maximum atomic E-state index is 11.8. The number of hydrogen-bond donors (Lipinski definition) is 2. The summed E-state index contributed by atoms with van der Waals surface area (Å²) in [5, 5.41) is 16.7. The normalized spacial score (nSPS) is 18.1. The molecule has 0 bridgehead atoms. The minimum atomic E-state index is -0.477. The highest BCUT2D eigenvalue weighted by Crippen LogP contribution is 2.23. The molecule has 1 amide bonds. The fourth-order valence-electron chi connectivity index (χ4n) is 2.20. The molecule has 1 aromatic heterocycles. The van der Waals surface area contributed by atoms with Crippen LogP contribution in [0.15, 0.2) is 12.1 Å². The molecule has 1 saturated heterocycles. The summed E-state index contributed by atoms with van der Waals surface area (Å²) < 4.78 is 0. The van der Waals surface area contributed by atoms with Gasteiger partial charge in [-0.05, 0) is 44.3 Å². The summed E-state index contributed by atoms with van der Waals surface area (Å²) in [5.74, 6) is 0.397. The summed E-state index contributed by atoms with van der Waals surface area (Å²) in [4.78, 5) is 22.2. The number of hydrogen-bond acceptors (Lipinski definition) is 5. The Hall–Kier alpha value is -1.18. The monoisotopic (exact) mass is 319 g/mol. The van der Waals surface area contributed by atoms with Crippen LogP contribution in [0.1, 0.15) is 28.9 Å². The van der Waals surface area contributed by atoms with E-state index in [0.29, 0.717) is 17.3 Å². The fourth-order valence-corrected chi connectivity index (χ4v) is 2.93. The third kappa shape index (κ3) is 4.73. The first kappa shape index (κ1) is 16.9. The highest BCUT2D eigenvalue weighted by molar-refractivity contribution is 7.17. The molecule has 0 aliphatic carbocycles. The lowest BCUT2D eigenvalue weighted by Crippen LogP contribution is -2.33. The van der Waals surface area contributed by atoms with Gasteiger partial charge in [0, 0.05) is 12.6 Å². The van der Waals surface area contributed by atoms with Gasteiger partial charge < -0.3 is 10.6 Å². The van der Waals surface area contributed by atoms with E-state index in [1.807, 2.05) is 0 Å². The molecule has 1 aliphatic rings. The van der Waals surface area contributed by atoms with E-state index in [9.17, 15) is 14.9 Å². The number of piperidine rings is 1. The zero-order valence-corrected chi connectivity index (χ0v) is 12.6. The van der Waals surface area contributed by atoms with Gasteiger partial charge in [-0.3, -0.25) is 14.9 Å². The van der Waals surface area contributed by atoms with Crippen molar-refractivity contribution >= 4 is 34.7 Å². The molecule has 1 fully saturated rings. The van der Waals surface area contributed by atoms with Gasteiger partial charge in [-0.2, -0.15) is 0 Å². The predicted octanol–water partition coefficient (Wildman–Crippen LogP) is 2.20. The van der Waals surface area contributed by atoms with Crippen molar-refractivity contribution in [1.82, 2.24) is 10.6 Å². The molecule has 8 heteroatoms. The zero-order valence-electron chi connectivity index (χ0n) is 11.0. The van der Waals surface area contributed by atoms with Crippen molar-refractivity contribution in [3.05, 3.63) is 27.1 Å². The fraction of sp³-hybridized carbons (Fsp3) is 0.583. The second-order valence-electron chi connectivity index (χ2n) is 4.65. The quantitative estimate of drug-likeness (QED) is 0.643. The van der Waals surface area contributed by atoms with Gasteiger partial charge in [0.25, 0.3) is 5.91 Å². The van der Waals surface area contributed by atoms with Crippen LogP contribution in [0.5, 0.6) is 0 Å². The SMILES string of the molecule is Cl.O=C(NCCC1CCCNC1)c1ccc([N+](=O)[O-])s1. The molecule has 20 heavy (non-hydrogen) atoms. The largest absolute Gasteiger partial charge is 0.351 e. The molecule has 112 valence electrons. The summed E-state index contributed by atoms with van der Waals surface area (Å²) >= 11 is 0.912. The number of rotatable bonds is 5. The first-order chi connectivity index (χ1) is 9.16. The van der Waals surface area contributed by atoms with Crippen LogP contribution in [0.25, 0.3) is 0 Å². The Kier molecular flexibility index (Phi) is 6.90. The summed E-state index contributed by atoms with van der Waals surface area (Å²) in [6, 6.07) is 2.87. The molecule has 2 heterocycles. The molecule has 0 aromatic carbocycles. The molecule has 1 atom stereocenters. The van der Waals surface area contributed by atoms with Crippen LogP contribution in [-0.2, 0) is 0 Å². The molecular weight excluding hydrogens is 302 g/mol. The first-order valence-corrected chi connectivity index (χ1v) is 7.21. The number of amides is 1. The smallest absolute Gasteiger partial charge is 0.324 e. The molecule has 1 aromatic rings. The topological polar surface area (TPSA) is 84.3 Å². The Morgan fingerprint density at radius 2 is 2.35 bits per heavy atom. The number of nitrogens with zero attached hydrogens (tertiary/aromatic N) is 1. The summed E-state index contributed by atoms with van der Waals surface area (Å²) in [6.07, 6.45) is 3.34. The number of nitrogens with one attached hydrogen (secondary N) is 2. The zero-order chi connectivity index (χ0) is 13.7. The Labute approximate surface area is 127 Å². The van der Waals surface area contributed by atoms with Crippen molar-refractivity contribution in [2.24, 2.45) is 5.92 Å². The van der Waals surface area contributed by atoms with Crippen LogP contribution in [0.3, 0.4) is 0 Å². The van der Waals surface area contributed by atoms with Gasteiger partial charge in [0.1, 0.15) is 0 Å². The Morgan fingerprint density at radius 3 is 2.95 bits per heavy atom. The van der Waals surface area contributed by atoms with Gasteiger partial charge in [0.15, 0.2) is 0 Å². The summed E-state index contributed by atoms with van der Waals surface area (Å²) in [6.45, 7) is 2.72. The first-order valence-electron chi connectivity index (χ1n) is 6.40. The maximum Gasteiger partial charge on any atom is 0.324 e. The van der Waals surface area contributed by atoms with Crippen LogP contribution in [0, 0.1) is 16.0 Å². The molecule has 0 radical (unpaired) electrons. The van der Waals surface area contributed by atoms with Gasteiger partial charge >= 0.3 is 5.00 Å². The van der Waals surface area contributed by atoms with E-state index in [1.165, 1.54) is 25.0 Å². The molecule has 0 saturated carbocycles. The van der Waals surface area contributed by atoms with Crippen LogP contribution in [-0.4, -0.2) is 30.5 Å². The average Bonchev–Trinajstić information content (AvgIpc) is 2.89. The van der Waals surface area contributed by atoms with E-state index in [2.05, 4.69) is 10.6 Å². The second-order valence-corrected chi connectivity index (χ2v) is 5.71. The van der Waals surface area contributed by atoms with E-state index < -0.39 is 4.92 Å². The third-order valence-electron chi connectivity index (χ3n) is 3.23. The minimum Gasteiger partial charge on any atom is -0.351 e. The van der Waals surface area contributed by atoms with E-state index in [-0.39, 0.29) is 23.3 Å². The summed E-state index contributed by atoms with van der Waals surface area (Å²) in [5.41, 5.74) is 0.